The van der Waals surface area contributed by atoms with Gasteiger partial charge in [-0.15, -0.1) is 0 Å². The van der Waals surface area contributed by atoms with Gasteiger partial charge in [0.15, 0.2) is 0 Å². The molecule has 1 N–H and O–H groups in total. The Balaban J connectivity index is 1.94. The van der Waals surface area contributed by atoms with Gasteiger partial charge in [-0.2, -0.15) is 0 Å². The van der Waals surface area contributed by atoms with E-state index in [0.717, 1.165) is 25.9 Å². The van der Waals surface area contributed by atoms with Crippen molar-refractivity contribution in [3.8, 4) is 0 Å². The minimum Gasteiger partial charge on any atom is -0.469 e. The molecule has 0 radical (unpaired) electrons. The lowest BCUT2D eigenvalue weighted by Crippen LogP contribution is -2.35. The van der Waals surface area contributed by atoms with Gasteiger partial charge in [-0.1, -0.05) is 0 Å². The summed E-state index contributed by atoms with van der Waals surface area (Å²) in [6, 6.07) is 0. The van der Waals surface area contributed by atoms with Crippen LogP contribution in [0.3, 0.4) is 0 Å². The lowest BCUT2D eigenvalue weighted by atomic mass is 10.1. The molecule has 0 saturated carbocycles. The average molecular weight is 201 g/mol. The molecule has 1 rings (SSSR count). The van der Waals surface area contributed by atoms with Gasteiger partial charge in [-0.05, 0) is 25.8 Å². The third-order valence-corrected chi connectivity index (χ3v) is 2.36. The van der Waals surface area contributed by atoms with Crippen molar-refractivity contribution in [1.82, 2.24) is 5.32 Å². The van der Waals surface area contributed by atoms with Crippen LogP contribution < -0.4 is 5.32 Å². The molecular weight excluding hydrogens is 182 g/mol. The second kappa shape index (κ2) is 6.79. The molecular formula is C10H19NO3. The molecule has 1 fully saturated rings. The molecule has 0 bridgehead atoms. The number of esters is 1. The van der Waals surface area contributed by atoms with E-state index < -0.39 is 0 Å². The molecule has 82 valence electrons. The summed E-state index contributed by atoms with van der Waals surface area (Å²) in [7, 11) is 1.41. The number of rotatable bonds is 5. The Morgan fingerprint density at radius 1 is 1.57 bits per heavy atom. The predicted molar refractivity (Wildman–Crippen MR) is 53.1 cm³/mol. The summed E-state index contributed by atoms with van der Waals surface area (Å²) in [4.78, 5) is 10.8. The van der Waals surface area contributed by atoms with Gasteiger partial charge in [0.2, 0.25) is 0 Å². The van der Waals surface area contributed by atoms with Crippen LogP contribution in [0.5, 0.6) is 0 Å². The summed E-state index contributed by atoms with van der Waals surface area (Å²) in [6.07, 6.45) is 3.86. The van der Waals surface area contributed by atoms with E-state index in [2.05, 4.69) is 10.1 Å². The number of nitrogens with one attached hydrogen (secondary N) is 1. The van der Waals surface area contributed by atoms with Crippen molar-refractivity contribution in [3.63, 3.8) is 0 Å². The third kappa shape index (κ3) is 4.58. The highest BCUT2D eigenvalue weighted by Gasteiger charge is 2.12. The molecule has 1 saturated heterocycles. The molecule has 0 aromatic heterocycles. The Morgan fingerprint density at radius 2 is 2.43 bits per heavy atom. The maximum atomic E-state index is 10.8. The minimum atomic E-state index is -0.157. The summed E-state index contributed by atoms with van der Waals surface area (Å²) in [5.74, 6) is -0.157. The van der Waals surface area contributed by atoms with Crippen molar-refractivity contribution in [1.29, 1.82) is 0 Å². The van der Waals surface area contributed by atoms with Gasteiger partial charge in [0.25, 0.3) is 0 Å². The van der Waals surface area contributed by atoms with Crippen LogP contribution in [0.15, 0.2) is 0 Å². The van der Waals surface area contributed by atoms with Gasteiger partial charge in [-0.25, -0.2) is 0 Å². The zero-order chi connectivity index (χ0) is 10.2. The molecule has 4 heteroatoms. The zero-order valence-electron chi connectivity index (χ0n) is 8.75. The molecule has 14 heavy (non-hydrogen) atoms. The van der Waals surface area contributed by atoms with Crippen LogP contribution in [-0.2, 0) is 14.3 Å². The van der Waals surface area contributed by atoms with Crippen molar-refractivity contribution in [2.75, 3.05) is 26.8 Å². The van der Waals surface area contributed by atoms with Gasteiger partial charge in [0, 0.05) is 19.6 Å². The Kier molecular flexibility index (Phi) is 5.56. The van der Waals surface area contributed by atoms with Crippen LogP contribution in [0.2, 0.25) is 0 Å². The largest absolute Gasteiger partial charge is 0.469 e. The van der Waals surface area contributed by atoms with Crippen LogP contribution >= 0.6 is 0 Å². The van der Waals surface area contributed by atoms with Gasteiger partial charge in [-0.3, -0.25) is 4.79 Å². The normalized spacial score (nSPS) is 21.9. The number of carbonyl (C=O) groups excluding carboxylic acids is 1. The van der Waals surface area contributed by atoms with E-state index in [1.807, 2.05) is 0 Å². The van der Waals surface area contributed by atoms with Crippen LogP contribution in [0.25, 0.3) is 0 Å². The molecule has 0 aliphatic carbocycles. The number of hydrogen-bond acceptors (Lipinski definition) is 4. The van der Waals surface area contributed by atoms with E-state index in [1.165, 1.54) is 13.5 Å². The molecule has 4 nitrogen and oxygen atoms in total. The lowest BCUT2D eigenvalue weighted by molar-refractivity contribution is -0.141. The predicted octanol–water partition coefficient (Wildman–Crippen LogP) is 0.708. The average Bonchev–Trinajstić information content (AvgIpc) is 2.25. The summed E-state index contributed by atoms with van der Waals surface area (Å²) >= 11 is 0. The summed E-state index contributed by atoms with van der Waals surface area (Å²) in [6.45, 7) is 2.70. The Labute approximate surface area is 85.0 Å². The first kappa shape index (κ1) is 11.5. The van der Waals surface area contributed by atoms with E-state index in [9.17, 15) is 4.79 Å². The molecule has 0 spiro atoms. The van der Waals surface area contributed by atoms with Crippen molar-refractivity contribution < 1.29 is 14.3 Å². The Hall–Kier alpha value is -0.610. The van der Waals surface area contributed by atoms with Crippen molar-refractivity contribution >= 4 is 5.97 Å². The van der Waals surface area contributed by atoms with Crippen molar-refractivity contribution in [3.05, 3.63) is 0 Å². The highest BCUT2D eigenvalue weighted by molar-refractivity contribution is 5.68. The highest BCUT2D eigenvalue weighted by atomic mass is 16.5. The second-order valence-corrected chi connectivity index (χ2v) is 3.52. The van der Waals surface area contributed by atoms with Gasteiger partial charge >= 0.3 is 5.97 Å². The SMILES string of the molecule is COC(=O)CCCOC1CCCNC1. The maximum absolute atomic E-state index is 10.8. The first-order chi connectivity index (χ1) is 6.83. The summed E-state index contributed by atoms with van der Waals surface area (Å²) < 4.78 is 10.1. The molecule has 1 aliphatic rings. The minimum absolute atomic E-state index is 0.157. The number of piperidine rings is 1. The molecule has 1 unspecified atom stereocenters. The number of methoxy groups -OCH3 is 1. The van der Waals surface area contributed by atoms with Crippen LogP contribution in [-0.4, -0.2) is 38.9 Å². The second-order valence-electron chi connectivity index (χ2n) is 3.52. The monoisotopic (exact) mass is 201 g/mol. The summed E-state index contributed by atoms with van der Waals surface area (Å²) in [5, 5.41) is 3.28. The smallest absolute Gasteiger partial charge is 0.305 e. The standard InChI is InChI=1S/C10H19NO3/c1-13-10(12)5-3-7-14-9-4-2-6-11-8-9/h9,11H,2-8H2,1H3. The molecule has 1 aliphatic heterocycles. The molecule has 0 amide bonds. The highest BCUT2D eigenvalue weighted by Crippen LogP contribution is 2.06. The molecule has 0 aromatic rings. The summed E-state index contributed by atoms with van der Waals surface area (Å²) in [5.41, 5.74) is 0. The fourth-order valence-electron chi connectivity index (χ4n) is 1.53. The van der Waals surface area contributed by atoms with Crippen LogP contribution in [0, 0.1) is 0 Å². The zero-order valence-corrected chi connectivity index (χ0v) is 8.75. The number of ether oxygens (including phenoxy) is 2. The van der Waals surface area contributed by atoms with E-state index in [1.54, 1.807) is 0 Å². The van der Waals surface area contributed by atoms with E-state index in [4.69, 9.17) is 4.74 Å². The quantitative estimate of drug-likeness (QED) is 0.525. The molecule has 0 aromatic carbocycles. The maximum Gasteiger partial charge on any atom is 0.305 e. The Morgan fingerprint density at radius 3 is 3.07 bits per heavy atom. The van der Waals surface area contributed by atoms with E-state index >= 15 is 0 Å². The number of hydrogen-bond donors (Lipinski definition) is 1. The first-order valence-electron chi connectivity index (χ1n) is 5.22. The molecule has 1 atom stereocenters. The Bertz CT molecular complexity index is 167. The van der Waals surface area contributed by atoms with Crippen molar-refractivity contribution in [2.24, 2.45) is 0 Å². The topological polar surface area (TPSA) is 47.6 Å². The fraction of sp³-hybridized carbons (Fsp3) is 0.900. The van der Waals surface area contributed by atoms with Gasteiger partial charge in [0.1, 0.15) is 0 Å². The lowest BCUT2D eigenvalue weighted by Gasteiger charge is -2.22. The van der Waals surface area contributed by atoms with Crippen LogP contribution in [0.1, 0.15) is 25.7 Å². The first-order valence-corrected chi connectivity index (χ1v) is 5.22. The van der Waals surface area contributed by atoms with Gasteiger partial charge in [0.05, 0.1) is 13.2 Å². The van der Waals surface area contributed by atoms with Crippen molar-refractivity contribution in [2.45, 2.75) is 31.8 Å². The van der Waals surface area contributed by atoms with E-state index in [-0.39, 0.29) is 5.97 Å². The third-order valence-electron chi connectivity index (χ3n) is 2.36. The van der Waals surface area contributed by atoms with E-state index in [0.29, 0.717) is 19.1 Å². The fourth-order valence-corrected chi connectivity index (χ4v) is 1.53. The van der Waals surface area contributed by atoms with Gasteiger partial charge < -0.3 is 14.8 Å². The van der Waals surface area contributed by atoms with Crippen LogP contribution in [0.4, 0.5) is 0 Å². The molecule has 1 heterocycles. The number of carbonyl (C=O) groups is 1.